The number of aliphatic hydroxyl groups excluding tert-OH is 1. The first kappa shape index (κ1) is 28.7. The molecule has 3 aliphatic carbocycles. The highest BCUT2D eigenvalue weighted by Gasteiger charge is 2.55. The first-order valence-electron chi connectivity index (χ1n) is 13.1. The zero-order valence-corrected chi connectivity index (χ0v) is 22.1. The molecule has 3 saturated carbocycles. The minimum absolute atomic E-state index is 0.149. The summed E-state index contributed by atoms with van der Waals surface area (Å²) in [6.07, 6.45) is -3.88. The fourth-order valence-corrected chi connectivity index (χ4v) is 5.82. The fourth-order valence-electron chi connectivity index (χ4n) is 5.82. The van der Waals surface area contributed by atoms with Crippen molar-refractivity contribution in [3.8, 4) is 17.2 Å². The number of amides is 2. The van der Waals surface area contributed by atoms with Gasteiger partial charge in [-0.2, -0.15) is 0 Å². The van der Waals surface area contributed by atoms with Gasteiger partial charge in [-0.25, -0.2) is 4.39 Å². The lowest BCUT2D eigenvalue weighted by atomic mass is 9.60. The number of aliphatic hydroxyl groups is 1. The van der Waals surface area contributed by atoms with Crippen LogP contribution in [0.25, 0.3) is 0 Å². The molecular formula is C28H29F4N3O6. The number of aliphatic imine (C=N–C) groups is 1. The van der Waals surface area contributed by atoms with Gasteiger partial charge in [-0.05, 0) is 74.9 Å². The monoisotopic (exact) mass is 579 g/mol. The summed E-state index contributed by atoms with van der Waals surface area (Å²) in [5.74, 6) is -2.78. The number of carbonyl (C=O) groups is 2. The van der Waals surface area contributed by atoms with Gasteiger partial charge in [0, 0.05) is 22.9 Å². The number of halogens is 4. The molecule has 4 aliphatic rings. The average Bonchev–Trinajstić information content (AvgIpc) is 3.28. The second-order valence-electron chi connectivity index (χ2n) is 10.7. The fraction of sp³-hybridized carbons (Fsp3) is 0.464. The Labute approximate surface area is 232 Å². The summed E-state index contributed by atoms with van der Waals surface area (Å²) >= 11 is 0. The van der Waals surface area contributed by atoms with Gasteiger partial charge in [-0.1, -0.05) is 0 Å². The maximum absolute atomic E-state index is 13.9. The van der Waals surface area contributed by atoms with Gasteiger partial charge in [0.15, 0.2) is 24.8 Å². The lowest BCUT2D eigenvalue weighted by molar-refractivity contribution is -0.275. The first-order valence-corrected chi connectivity index (χ1v) is 13.1. The Morgan fingerprint density at radius 3 is 2.27 bits per heavy atom. The van der Waals surface area contributed by atoms with E-state index in [1.807, 2.05) is 19.1 Å². The van der Waals surface area contributed by atoms with Crippen molar-refractivity contribution in [2.75, 3.05) is 13.2 Å². The quantitative estimate of drug-likeness (QED) is 0.391. The van der Waals surface area contributed by atoms with E-state index in [-0.39, 0.29) is 24.7 Å². The van der Waals surface area contributed by atoms with Crippen LogP contribution in [0.2, 0.25) is 0 Å². The summed E-state index contributed by atoms with van der Waals surface area (Å²) in [5.41, 5.74) is 1.54. The highest BCUT2D eigenvalue weighted by atomic mass is 19.4. The Morgan fingerprint density at radius 1 is 1.00 bits per heavy atom. The van der Waals surface area contributed by atoms with Crippen LogP contribution in [0.3, 0.4) is 0 Å². The Morgan fingerprint density at radius 2 is 1.63 bits per heavy atom. The van der Waals surface area contributed by atoms with Gasteiger partial charge >= 0.3 is 6.36 Å². The SMILES string of the molecule is CC1=NCc2cc(OCC(=O)NC34CCC(NC(=O)COc5ccc(OC(F)(F)F)c(F)c5)(CC3)C[C@@H]4O)ccc21. The van der Waals surface area contributed by atoms with Gasteiger partial charge in [0.25, 0.3) is 11.8 Å². The number of nitrogens with one attached hydrogen (secondary N) is 2. The van der Waals surface area contributed by atoms with E-state index in [1.54, 1.807) is 6.07 Å². The highest BCUT2D eigenvalue weighted by molar-refractivity contribution is 6.02. The van der Waals surface area contributed by atoms with E-state index in [9.17, 15) is 32.3 Å². The minimum Gasteiger partial charge on any atom is -0.484 e. The Hall–Kier alpha value is -3.87. The van der Waals surface area contributed by atoms with E-state index in [0.29, 0.717) is 44.0 Å². The molecule has 2 bridgehead atoms. The molecule has 6 rings (SSSR count). The summed E-state index contributed by atoms with van der Waals surface area (Å²) < 4.78 is 65.3. The normalized spacial score (nSPS) is 24.7. The molecule has 220 valence electrons. The van der Waals surface area contributed by atoms with Crippen LogP contribution in [0, 0.1) is 5.82 Å². The van der Waals surface area contributed by atoms with Gasteiger partial charge < -0.3 is 30.0 Å². The number of hydrogen-bond donors (Lipinski definition) is 3. The van der Waals surface area contributed by atoms with Crippen molar-refractivity contribution in [3.05, 3.63) is 53.3 Å². The van der Waals surface area contributed by atoms with E-state index in [2.05, 4.69) is 20.4 Å². The second-order valence-corrected chi connectivity index (χ2v) is 10.7. The van der Waals surface area contributed by atoms with Crippen LogP contribution >= 0.6 is 0 Å². The molecule has 3 N–H and O–H groups in total. The number of ether oxygens (including phenoxy) is 3. The predicted octanol–water partition coefficient (Wildman–Crippen LogP) is 3.55. The van der Waals surface area contributed by atoms with Crippen LogP contribution in [0.15, 0.2) is 41.4 Å². The standard InChI is InChI=1S/C28H29F4N3O6/c1-16-20-4-2-18(10-17(20)13-33-16)39-15-25(38)35-27-8-6-26(7-9-27,12-23(27)36)34-24(37)14-40-19-3-5-22(21(29)11-19)41-28(30,31)32/h2-5,10-11,23,36H,6-9,12-15H2,1H3,(H,34,37)(H,35,38)/t23-,26?,27?/m0/s1. The van der Waals surface area contributed by atoms with Gasteiger partial charge in [0.1, 0.15) is 11.5 Å². The van der Waals surface area contributed by atoms with Crippen molar-refractivity contribution in [3.63, 3.8) is 0 Å². The summed E-state index contributed by atoms with van der Waals surface area (Å²) in [4.78, 5) is 29.7. The van der Waals surface area contributed by atoms with Crippen LogP contribution in [0.4, 0.5) is 17.6 Å². The van der Waals surface area contributed by atoms with Crippen molar-refractivity contribution in [2.24, 2.45) is 4.99 Å². The zero-order chi connectivity index (χ0) is 29.4. The van der Waals surface area contributed by atoms with Crippen molar-refractivity contribution in [1.82, 2.24) is 10.6 Å². The van der Waals surface area contributed by atoms with E-state index in [1.165, 1.54) is 0 Å². The number of fused-ring (bicyclic) bond motifs is 4. The minimum atomic E-state index is -5.04. The third-order valence-electron chi connectivity index (χ3n) is 7.94. The van der Waals surface area contributed by atoms with Crippen molar-refractivity contribution in [1.29, 1.82) is 0 Å². The molecule has 41 heavy (non-hydrogen) atoms. The van der Waals surface area contributed by atoms with E-state index >= 15 is 0 Å². The summed E-state index contributed by atoms with van der Waals surface area (Å²) in [6.45, 7) is 1.80. The molecule has 1 aliphatic heterocycles. The third kappa shape index (κ3) is 6.39. The van der Waals surface area contributed by atoms with Crippen LogP contribution in [0.5, 0.6) is 17.2 Å². The lowest BCUT2D eigenvalue weighted by Crippen LogP contribution is -2.70. The maximum atomic E-state index is 13.9. The van der Waals surface area contributed by atoms with Gasteiger partial charge in [0.05, 0.1) is 18.2 Å². The molecule has 1 heterocycles. The molecule has 2 aromatic rings. The molecular weight excluding hydrogens is 550 g/mol. The van der Waals surface area contributed by atoms with Crippen LogP contribution in [-0.4, -0.2) is 59.4 Å². The van der Waals surface area contributed by atoms with Crippen molar-refractivity contribution >= 4 is 17.5 Å². The van der Waals surface area contributed by atoms with Crippen LogP contribution < -0.4 is 24.8 Å². The summed E-state index contributed by atoms with van der Waals surface area (Å²) in [6, 6.07) is 8.08. The van der Waals surface area contributed by atoms with Crippen molar-refractivity contribution < 1.29 is 46.5 Å². The Balaban J connectivity index is 1.09. The molecule has 0 saturated heterocycles. The number of alkyl halides is 3. The third-order valence-corrected chi connectivity index (χ3v) is 7.94. The van der Waals surface area contributed by atoms with E-state index in [4.69, 9.17) is 9.47 Å². The summed E-state index contributed by atoms with van der Waals surface area (Å²) in [7, 11) is 0. The van der Waals surface area contributed by atoms with Crippen molar-refractivity contribution in [2.45, 2.75) is 69.1 Å². The Kier molecular flexibility index (Phi) is 7.58. The van der Waals surface area contributed by atoms with Crippen LogP contribution in [-0.2, 0) is 16.1 Å². The second kappa shape index (κ2) is 10.8. The number of nitrogens with zero attached hydrogens (tertiary/aromatic N) is 1. The molecule has 0 aromatic heterocycles. The van der Waals surface area contributed by atoms with E-state index in [0.717, 1.165) is 29.0 Å². The number of carbonyl (C=O) groups excluding carboxylic acids is 2. The maximum Gasteiger partial charge on any atom is 0.573 e. The molecule has 0 unspecified atom stereocenters. The van der Waals surface area contributed by atoms with E-state index < -0.39 is 47.6 Å². The largest absolute Gasteiger partial charge is 0.573 e. The first-order chi connectivity index (χ1) is 19.4. The van der Waals surface area contributed by atoms with Gasteiger partial charge in [0.2, 0.25) is 0 Å². The number of rotatable bonds is 9. The molecule has 2 amide bonds. The molecule has 2 aromatic carbocycles. The topological polar surface area (TPSA) is 118 Å². The molecule has 0 radical (unpaired) electrons. The predicted molar refractivity (Wildman–Crippen MR) is 137 cm³/mol. The summed E-state index contributed by atoms with van der Waals surface area (Å²) in [5, 5.41) is 16.8. The number of benzene rings is 2. The molecule has 0 spiro atoms. The Bertz CT molecular complexity index is 1370. The molecule has 1 atom stereocenters. The van der Waals surface area contributed by atoms with Gasteiger partial charge in [-0.3, -0.25) is 14.6 Å². The zero-order valence-electron chi connectivity index (χ0n) is 22.1. The van der Waals surface area contributed by atoms with Gasteiger partial charge in [-0.15, -0.1) is 13.2 Å². The highest BCUT2D eigenvalue weighted by Crippen LogP contribution is 2.47. The molecule has 9 nitrogen and oxygen atoms in total. The van der Waals surface area contributed by atoms with Crippen LogP contribution in [0.1, 0.15) is 50.2 Å². The lowest BCUT2D eigenvalue weighted by Gasteiger charge is -2.56. The number of hydrogen-bond acceptors (Lipinski definition) is 7. The smallest absolute Gasteiger partial charge is 0.484 e. The molecule has 13 heteroatoms. The molecule has 3 fully saturated rings. The average molecular weight is 580 g/mol.